The molecule has 2 rings (SSSR count). The molecule has 0 aliphatic rings. The fraction of sp³-hybridized carbons (Fsp3) is 0.364. The molecule has 0 saturated heterocycles. The molecule has 6 nitrogen and oxygen atoms in total. The molecule has 0 aliphatic heterocycles. The van der Waals surface area contributed by atoms with E-state index in [9.17, 15) is 9.59 Å². The third-order valence-corrected chi connectivity index (χ3v) is 4.14. The Balaban J connectivity index is 1.89. The van der Waals surface area contributed by atoms with E-state index >= 15 is 0 Å². The lowest BCUT2D eigenvalue weighted by Gasteiger charge is -2.14. The van der Waals surface area contributed by atoms with Crippen LogP contribution in [0.2, 0.25) is 0 Å². The van der Waals surface area contributed by atoms with Gasteiger partial charge < -0.3 is 20.7 Å². The fourth-order valence-corrected chi connectivity index (χ4v) is 2.34. The molecule has 0 aromatic heterocycles. The van der Waals surface area contributed by atoms with Crippen LogP contribution in [0.25, 0.3) is 0 Å². The molecule has 0 radical (unpaired) electrons. The van der Waals surface area contributed by atoms with Crippen LogP contribution >= 0.6 is 0 Å². The van der Waals surface area contributed by atoms with E-state index in [1.165, 1.54) is 0 Å². The van der Waals surface area contributed by atoms with E-state index in [1.807, 2.05) is 45.0 Å². The molecule has 2 amide bonds. The molecule has 6 heteroatoms. The Bertz CT molecular complexity index is 805. The third-order valence-electron chi connectivity index (χ3n) is 4.14. The van der Waals surface area contributed by atoms with Gasteiger partial charge in [-0.05, 0) is 43.7 Å². The highest BCUT2D eigenvalue weighted by Crippen LogP contribution is 2.19. The van der Waals surface area contributed by atoms with Crippen molar-refractivity contribution >= 4 is 28.9 Å². The summed E-state index contributed by atoms with van der Waals surface area (Å²) >= 11 is 0. The summed E-state index contributed by atoms with van der Waals surface area (Å²) in [6, 6.07) is 14.6. The third kappa shape index (κ3) is 6.95. The van der Waals surface area contributed by atoms with Gasteiger partial charge in [0.1, 0.15) is 5.75 Å². The average molecular weight is 383 g/mol. The van der Waals surface area contributed by atoms with Crippen LogP contribution in [0.1, 0.15) is 34.1 Å². The average Bonchev–Trinajstić information content (AvgIpc) is 2.66. The molecular formula is C22H29N3O3. The zero-order chi connectivity index (χ0) is 20.5. The molecule has 28 heavy (non-hydrogen) atoms. The molecule has 0 bridgehead atoms. The van der Waals surface area contributed by atoms with Gasteiger partial charge in [-0.3, -0.25) is 9.59 Å². The second-order valence-corrected chi connectivity index (χ2v) is 6.99. The van der Waals surface area contributed by atoms with Gasteiger partial charge in [-0.15, -0.1) is 0 Å². The molecule has 2 aromatic rings. The normalized spacial score (nSPS) is 11.6. The highest BCUT2D eigenvalue weighted by molar-refractivity contribution is 5.96. The van der Waals surface area contributed by atoms with E-state index in [-0.39, 0.29) is 30.4 Å². The van der Waals surface area contributed by atoms with Crippen LogP contribution in [0.4, 0.5) is 17.1 Å². The molecular weight excluding hydrogens is 354 g/mol. The largest absolute Gasteiger partial charge is 0.491 e. The smallest absolute Gasteiger partial charge is 0.243 e. The standard InChI is InChI=1S/C22H29N3O3/c1-5-16(4)28-20-11-7-8-17(13-20)23-14-21(26)24-18-9-6-10-19(12-18)25-22(27)15(2)3/h6-13,15-16,23H,5,14H2,1-4H3,(H,24,26)(H,25,27). The van der Waals surface area contributed by atoms with Crippen molar-refractivity contribution in [3.8, 4) is 5.75 Å². The van der Waals surface area contributed by atoms with Crippen LogP contribution in [0, 0.1) is 5.92 Å². The van der Waals surface area contributed by atoms with Gasteiger partial charge in [0.25, 0.3) is 0 Å². The molecule has 1 atom stereocenters. The first-order valence-electron chi connectivity index (χ1n) is 9.58. The van der Waals surface area contributed by atoms with Crippen molar-refractivity contribution in [2.24, 2.45) is 5.92 Å². The van der Waals surface area contributed by atoms with Gasteiger partial charge in [-0.1, -0.05) is 32.9 Å². The van der Waals surface area contributed by atoms with Crippen LogP contribution in [0.5, 0.6) is 5.75 Å². The molecule has 3 N–H and O–H groups in total. The van der Waals surface area contributed by atoms with Crippen LogP contribution in [-0.4, -0.2) is 24.5 Å². The topological polar surface area (TPSA) is 79.5 Å². The predicted octanol–water partition coefficient (Wildman–Crippen LogP) is 4.51. The Morgan fingerprint density at radius 1 is 0.929 bits per heavy atom. The molecule has 0 saturated carbocycles. The lowest BCUT2D eigenvalue weighted by atomic mass is 10.2. The quantitative estimate of drug-likeness (QED) is 0.595. The molecule has 150 valence electrons. The summed E-state index contributed by atoms with van der Waals surface area (Å²) in [4.78, 5) is 24.0. The summed E-state index contributed by atoms with van der Waals surface area (Å²) in [6.07, 6.45) is 1.07. The van der Waals surface area contributed by atoms with E-state index in [0.29, 0.717) is 11.4 Å². The number of amides is 2. The Labute approximate surface area is 166 Å². The minimum atomic E-state index is -0.180. The van der Waals surface area contributed by atoms with Crippen molar-refractivity contribution in [1.29, 1.82) is 0 Å². The minimum absolute atomic E-state index is 0.0652. The van der Waals surface area contributed by atoms with Gasteiger partial charge in [-0.2, -0.15) is 0 Å². The zero-order valence-electron chi connectivity index (χ0n) is 16.9. The molecule has 0 fully saturated rings. The Kier molecular flexibility index (Phi) is 7.87. The second-order valence-electron chi connectivity index (χ2n) is 6.99. The van der Waals surface area contributed by atoms with Crippen molar-refractivity contribution in [2.45, 2.75) is 40.2 Å². The highest BCUT2D eigenvalue weighted by Gasteiger charge is 2.08. The summed E-state index contributed by atoms with van der Waals surface area (Å²) in [5.74, 6) is 0.418. The summed E-state index contributed by atoms with van der Waals surface area (Å²) in [6.45, 7) is 7.87. The van der Waals surface area contributed by atoms with Crippen molar-refractivity contribution in [3.63, 3.8) is 0 Å². The number of anilines is 3. The Morgan fingerprint density at radius 3 is 2.25 bits per heavy atom. The van der Waals surface area contributed by atoms with Gasteiger partial charge in [0.2, 0.25) is 11.8 Å². The van der Waals surface area contributed by atoms with Crippen LogP contribution < -0.4 is 20.7 Å². The number of hydrogen-bond donors (Lipinski definition) is 3. The first-order chi connectivity index (χ1) is 13.4. The number of rotatable bonds is 9. The Hall–Kier alpha value is -3.02. The van der Waals surface area contributed by atoms with Crippen LogP contribution in [0.15, 0.2) is 48.5 Å². The van der Waals surface area contributed by atoms with E-state index in [1.54, 1.807) is 24.3 Å². The Morgan fingerprint density at radius 2 is 1.57 bits per heavy atom. The number of ether oxygens (including phenoxy) is 1. The van der Waals surface area contributed by atoms with Gasteiger partial charge >= 0.3 is 0 Å². The van der Waals surface area contributed by atoms with E-state index in [0.717, 1.165) is 17.9 Å². The number of nitrogens with one attached hydrogen (secondary N) is 3. The lowest BCUT2D eigenvalue weighted by molar-refractivity contribution is -0.119. The first kappa shape index (κ1) is 21.3. The van der Waals surface area contributed by atoms with Gasteiger partial charge in [0.15, 0.2) is 0 Å². The van der Waals surface area contributed by atoms with E-state index in [4.69, 9.17) is 4.74 Å². The molecule has 0 spiro atoms. The second kappa shape index (κ2) is 10.3. The van der Waals surface area contributed by atoms with Crippen molar-refractivity contribution in [2.75, 3.05) is 22.5 Å². The maximum atomic E-state index is 12.2. The monoisotopic (exact) mass is 383 g/mol. The summed E-state index contributed by atoms with van der Waals surface area (Å²) < 4.78 is 5.79. The summed E-state index contributed by atoms with van der Waals surface area (Å²) in [5.41, 5.74) is 2.09. The summed E-state index contributed by atoms with van der Waals surface area (Å²) in [7, 11) is 0. The minimum Gasteiger partial charge on any atom is -0.491 e. The van der Waals surface area contributed by atoms with Crippen LogP contribution in [-0.2, 0) is 9.59 Å². The van der Waals surface area contributed by atoms with E-state index in [2.05, 4.69) is 22.9 Å². The highest BCUT2D eigenvalue weighted by atomic mass is 16.5. The molecule has 1 unspecified atom stereocenters. The zero-order valence-corrected chi connectivity index (χ0v) is 16.9. The van der Waals surface area contributed by atoms with Gasteiger partial charge in [-0.25, -0.2) is 0 Å². The summed E-state index contributed by atoms with van der Waals surface area (Å²) in [5, 5.41) is 8.74. The SMILES string of the molecule is CCC(C)Oc1cccc(NCC(=O)Nc2cccc(NC(=O)C(C)C)c2)c1. The molecule has 0 heterocycles. The van der Waals surface area contributed by atoms with Crippen molar-refractivity contribution in [3.05, 3.63) is 48.5 Å². The maximum Gasteiger partial charge on any atom is 0.243 e. The number of carbonyl (C=O) groups excluding carboxylic acids is 2. The molecule has 2 aromatic carbocycles. The van der Waals surface area contributed by atoms with E-state index < -0.39 is 0 Å². The van der Waals surface area contributed by atoms with Crippen LogP contribution in [0.3, 0.4) is 0 Å². The van der Waals surface area contributed by atoms with Gasteiger partial charge in [0.05, 0.1) is 12.6 Å². The fourth-order valence-electron chi connectivity index (χ4n) is 2.34. The van der Waals surface area contributed by atoms with Crippen molar-refractivity contribution in [1.82, 2.24) is 0 Å². The van der Waals surface area contributed by atoms with Gasteiger partial charge in [0, 0.05) is 29.0 Å². The number of hydrogen-bond acceptors (Lipinski definition) is 4. The first-order valence-corrected chi connectivity index (χ1v) is 9.58. The van der Waals surface area contributed by atoms with Crippen molar-refractivity contribution < 1.29 is 14.3 Å². The number of carbonyl (C=O) groups is 2. The lowest BCUT2D eigenvalue weighted by Crippen LogP contribution is -2.22. The maximum absolute atomic E-state index is 12.2. The predicted molar refractivity (Wildman–Crippen MR) is 114 cm³/mol. The molecule has 0 aliphatic carbocycles. The number of benzene rings is 2.